The van der Waals surface area contributed by atoms with Gasteiger partial charge in [-0.05, 0) is 73.6 Å². The van der Waals surface area contributed by atoms with E-state index in [1.165, 1.54) is 17.0 Å². The van der Waals surface area contributed by atoms with Gasteiger partial charge in [0.1, 0.15) is 6.04 Å². The summed E-state index contributed by atoms with van der Waals surface area (Å²) in [7, 11) is -3.59. The molecule has 1 atom stereocenters. The summed E-state index contributed by atoms with van der Waals surface area (Å²) in [5, 5.41) is 3.81. The van der Waals surface area contributed by atoms with Crippen LogP contribution in [0.1, 0.15) is 67.2 Å². The molecule has 0 saturated heterocycles. The molecule has 0 heterocycles. The number of amides is 2. The minimum atomic E-state index is -3.59. The average Bonchev–Trinajstić information content (AvgIpc) is 2.99. The Morgan fingerprint density at radius 1 is 0.932 bits per heavy atom. The summed E-state index contributed by atoms with van der Waals surface area (Å²) in [5.41, 5.74) is 4.19. The fraction of sp³-hybridized carbons (Fsp3) is 0.429. The zero-order chi connectivity index (χ0) is 31.7. The number of nitrogens with zero attached hydrogens (tertiary/aromatic N) is 2. The standard InChI is InChI=1S/C35H44ClN3O4S/c1-26-19-20-27(2)32(22-26)39(44(3,42)43)21-11-18-34(40)38(25-29-14-10-15-30(36)23-29)33(24-28-12-6-4-7-13-28)35(41)37-31-16-8-5-9-17-31/h4,6-7,10,12-15,19-20,22-23,31,33H,5,8-9,11,16-18,21,24-25H2,1-3H3,(H,37,41)/t33-/m1/s1. The molecule has 1 fully saturated rings. The van der Waals surface area contributed by atoms with Crippen molar-refractivity contribution >= 4 is 39.1 Å². The van der Waals surface area contributed by atoms with Gasteiger partial charge in [-0.3, -0.25) is 13.9 Å². The van der Waals surface area contributed by atoms with Crippen molar-refractivity contribution in [2.24, 2.45) is 0 Å². The predicted molar refractivity (Wildman–Crippen MR) is 178 cm³/mol. The molecule has 4 rings (SSSR count). The molecule has 0 bridgehead atoms. The van der Waals surface area contributed by atoms with Crippen LogP contribution in [0, 0.1) is 13.8 Å². The normalized spacial score (nSPS) is 14.5. The van der Waals surface area contributed by atoms with Gasteiger partial charge in [-0.1, -0.05) is 85.5 Å². The van der Waals surface area contributed by atoms with Crippen molar-refractivity contribution in [2.75, 3.05) is 17.1 Å². The van der Waals surface area contributed by atoms with Crippen LogP contribution in [0.5, 0.6) is 0 Å². The molecule has 0 aliphatic heterocycles. The van der Waals surface area contributed by atoms with Gasteiger partial charge < -0.3 is 10.2 Å². The smallest absolute Gasteiger partial charge is 0.243 e. The number of anilines is 1. The molecule has 44 heavy (non-hydrogen) atoms. The van der Waals surface area contributed by atoms with Gasteiger partial charge >= 0.3 is 0 Å². The number of aryl methyl sites for hydroxylation is 2. The van der Waals surface area contributed by atoms with Gasteiger partial charge in [-0.25, -0.2) is 8.42 Å². The second-order valence-corrected chi connectivity index (χ2v) is 14.3. The molecule has 0 radical (unpaired) electrons. The molecule has 3 aromatic carbocycles. The second-order valence-electron chi connectivity index (χ2n) is 11.9. The number of carbonyl (C=O) groups is 2. The highest BCUT2D eigenvalue weighted by atomic mass is 35.5. The van der Waals surface area contributed by atoms with Crippen LogP contribution in [0.25, 0.3) is 0 Å². The number of nitrogens with one attached hydrogen (secondary N) is 1. The monoisotopic (exact) mass is 637 g/mol. The van der Waals surface area contributed by atoms with Crippen LogP contribution in [0.4, 0.5) is 5.69 Å². The molecule has 1 saturated carbocycles. The Balaban J connectivity index is 1.60. The fourth-order valence-electron chi connectivity index (χ4n) is 5.90. The zero-order valence-corrected chi connectivity index (χ0v) is 27.5. The summed E-state index contributed by atoms with van der Waals surface area (Å²) in [6.45, 7) is 4.16. The van der Waals surface area contributed by atoms with Crippen molar-refractivity contribution in [3.8, 4) is 0 Å². The summed E-state index contributed by atoms with van der Waals surface area (Å²) in [6, 6.07) is 22.1. The molecule has 3 aromatic rings. The van der Waals surface area contributed by atoms with Crippen LogP contribution in [0.15, 0.2) is 72.8 Å². The summed E-state index contributed by atoms with van der Waals surface area (Å²) in [4.78, 5) is 29.7. The van der Waals surface area contributed by atoms with Gasteiger partial charge in [0.05, 0.1) is 11.9 Å². The SMILES string of the molecule is Cc1ccc(C)c(N(CCCC(=O)N(Cc2cccc(Cl)c2)[C@H](Cc2ccccc2)C(=O)NC2CCCCC2)S(C)(=O)=O)c1. The van der Waals surface area contributed by atoms with Crippen LogP contribution in [-0.2, 0) is 32.6 Å². The minimum absolute atomic E-state index is 0.0828. The van der Waals surface area contributed by atoms with Crippen LogP contribution >= 0.6 is 11.6 Å². The van der Waals surface area contributed by atoms with E-state index in [1.807, 2.05) is 80.6 Å². The molecule has 9 heteroatoms. The third-order valence-corrected chi connectivity index (χ3v) is 9.67. The lowest BCUT2D eigenvalue weighted by Crippen LogP contribution is -2.52. The van der Waals surface area contributed by atoms with Crippen LogP contribution in [0.2, 0.25) is 5.02 Å². The number of sulfonamides is 1. The summed E-state index contributed by atoms with van der Waals surface area (Å²) < 4.78 is 27.0. The Bertz CT molecular complexity index is 1520. The van der Waals surface area contributed by atoms with Crippen LogP contribution in [-0.4, -0.2) is 50.0 Å². The van der Waals surface area contributed by atoms with Crippen molar-refractivity contribution < 1.29 is 18.0 Å². The van der Waals surface area contributed by atoms with E-state index in [0.717, 1.165) is 47.9 Å². The average molecular weight is 638 g/mol. The summed E-state index contributed by atoms with van der Waals surface area (Å²) in [5.74, 6) is -0.372. The Labute approximate surface area is 267 Å². The van der Waals surface area contributed by atoms with Crippen LogP contribution < -0.4 is 9.62 Å². The molecule has 0 aromatic heterocycles. The summed E-state index contributed by atoms with van der Waals surface area (Å²) >= 11 is 6.31. The molecule has 1 N–H and O–H groups in total. The van der Waals surface area contributed by atoms with Gasteiger partial charge in [-0.15, -0.1) is 0 Å². The van der Waals surface area contributed by atoms with E-state index in [0.29, 0.717) is 23.6 Å². The molecule has 0 spiro atoms. The highest BCUT2D eigenvalue weighted by Gasteiger charge is 2.32. The molecule has 0 unspecified atom stereocenters. The predicted octanol–water partition coefficient (Wildman–Crippen LogP) is 6.59. The quantitative estimate of drug-likeness (QED) is 0.229. The third kappa shape index (κ3) is 9.57. The molecule has 236 valence electrons. The second kappa shape index (κ2) is 15.6. The maximum Gasteiger partial charge on any atom is 0.243 e. The van der Waals surface area contributed by atoms with E-state index >= 15 is 0 Å². The molecule has 1 aliphatic carbocycles. The zero-order valence-electron chi connectivity index (χ0n) is 26.0. The third-order valence-electron chi connectivity index (χ3n) is 8.25. The van der Waals surface area contributed by atoms with E-state index in [4.69, 9.17) is 11.6 Å². The highest BCUT2D eigenvalue weighted by molar-refractivity contribution is 7.92. The number of hydrogen-bond acceptors (Lipinski definition) is 4. The Kier molecular flexibility index (Phi) is 11.9. The van der Waals surface area contributed by atoms with E-state index in [1.54, 1.807) is 11.0 Å². The van der Waals surface area contributed by atoms with Crippen molar-refractivity contribution in [1.82, 2.24) is 10.2 Å². The lowest BCUT2D eigenvalue weighted by Gasteiger charge is -2.34. The number of rotatable bonds is 13. The Hall–Kier alpha value is -3.36. The first-order valence-corrected chi connectivity index (χ1v) is 17.7. The van der Waals surface area contributed by atoms with E-state index in [2.05, 4.69) is 5.32 Å². The minimum Gasteiger partial charge on any atom is -0.352 e. The number of hydrogen-bond donors (Lipinski definition) is 1. The number of halogens is 1. The fourth-order valence-corrected chi connectivity index (χ4v) is 7.13. The maximum atomic E-state index is 14.1. The topological polar surface area (TPSA) is 86.8 Å². The molecular formula is C35H44ClN3O4S. The van der Waals surface area contributed by atoms with Gasteiger partial charge in [0, 0.05) is 37.0 Å². The largest absolute Gasteiger partial charge is 0.352 e. The lowest BCUT2D eigenvalue weighted by molar-refractivity contribution is -0.141. The van der Waals surface area contributed by atoms with Crippen LogP contribution in [0.3, 0.4) is 0 Å². The van der Waals surface area contributed by atoms with Crippen molar-refractivity contribution in [3.63, 3.8) is 0 Å². The van der Waals surface area contributed by atoms with Gasteiger partial charge in [-0.2, -0.15) is 0 Å². The van der Waals surface area contributed by atoms with Gasteiger partial charge in [0.15, 0.2) is 0 Å². The molecule has 1 aliphatic rings. The molecular weight excluding hydrogens is 594 g/mol. The van der Waals surface area contributed by atoms with Crippen molar-refractivity contribution in [1.29, 1.82) is 0 Å². The van der Waals surface area contributed by atoms with Crippen molar-refractivity contribution in [2.45, 2.75) is 83.8 Å². The lowest BCUT2D eigenvalue weighted by atomic mass is 9.94. The maximum absolute atomic E-state index is 14.1. The summed E-state index contributed by atoms with van der Waals surface area (Å²) in [6.07, 6.45) is 7.14. The van der Waals surface area contributed by atoms with Gasteiger partial charge in [0.2, 0.25) is 21.8 Å². The molecule has 7 nitrogen and oxygen atoms in total. The van der Waals surface area contributed by atoms with E-state index in [9.17, 15) is 18.0 Å². The van der Waals surface area contributed by atoms with E-state index in [-0.39, 0.29) is 37.4 Å². The first kappa shape index (κ1) is 33.5. The first-order chi connectivity index (χ1) is 21.0. The Morgan fingerprint density at radius 3 is 2.32 bits per heavy atom. The first-order valence-electron chi connectivity index (χ1n) is 15.4. The number of carbonyl (C=O) groups excluding carboxylic acids is 2. The highest BCUT2D eigenvalue weighted by Crippen LogP contribution is 2.25. The Morgan fingerprint density at radius 2 is 1.64 bits per heavy atom. The number of benzene rings is 3. The van der Waals surface area contributed by atoms with E-state index < -0.39 is 16.1 Å². The van der Waals surface area contributed by atoms with Crippen molar-refractivity contribution in [3.05, 3.63) is 100 Å². The van der Waals surface area contributed by atoms with Gasteiger partial charge in [0.25, 0.3) is 0 Å². The molecule has 2 amide bonds.